The van der Waals surface area contributed by atoms with Gasteiger partial charge in [0.15, 0.2) is 11.6 Å². The summed E-state index contributed by atoms with van der Waals surface area (Å²) in [6.45, 7) is 0.275. The van der Waals surface area contributed by atoms with Gasteiger partial charge < -0.3 is 10.1 Å². The second-order valence-electron chi connectivity index (χ2n) is 4.31. The number of hydrogen-bond acceptors (Lipinski definition) is 4. The van der Waals surface area contributed by atoms with Crippen molar-refractivity contribution in [3.63, 3.8) is 0 Å². The van der Waals surface area contributed by atoms with Crippen molar-refractivity contribution < 1.29 is 13.9 Å². The topological polar surface area (TPSA) is 51.2 Å². The van der Waals surface area contributed by atoms with E-state index in [0.717, 1.165) is 0 Å². The van der Waals surface area contributed by atoms with Gasteiger partial charge in [0.25, 0.3) is 0 Å². The smallest absolute Gasteiger partial charge is 0.221 e. The van der Waals surface area contributed by atoms with Gasteiger partial charge in [0.2, 0.25) is 5.91 Å². The van der Waals surface area contributed by atoms with Crippen molar-refractivity contribution in [3.8, 4) is 11.5 Å². The fourth-order valence-electron chi connectivity index (χ4n) is 1.66. The van der Waals surface area contributed by atoms with Gasteiger partial charge in [0.1, 0.15) is 5.75 Å². The lowest BCUT2D eigenvalue weighted by Gasteiger charge is -2.09. The molecule has 1 aromatic heterocycles. The standard InChI is InChI=1S/C15H15FN2O2S/c16-13-8-11(9-18-15(19)5-7-21)3-4-14(13)20-12-2-1-6-17-10-12/h1-4,6,8,10,21H,5,7,9H2,(H,18,19). The van der Waals surface area contributed by atoms with Crippen LogP contribution < -0.4 is 10.1 Å². The summed E-state index contributed by atoms with van der Waals surface area (Å²) in [6, 6.07) is 7.97. The van der Waals surface area contributed by atoms with Gasteiger partial charge in [-0.15, -0.1) is 0 Å². The van der Waals surface area contributed by atoms with E-state index >= 15 is 0 Å². The zero-order valence-electron chi connectivity index (χ0n) is 11.3. The van der Waals surface area contributed by atoms with E-state index < -0.39 is 5.82 Å². The number of rotatable bonds is 6. The molecule has 1 amide bonds. The molecule has 0 radical (unpaired) electrons. The molecule has 21 heavy (non-hydrogen) atoms. The zero-order valence-corrected chi connectivity index (χ0v) is 12.1. The Morgan fingerprint density at radius 3 is 2.90 bits per heavy atom. The summed E-state index contributed by atoms with van der Waals surface area (Å²) in [5, 5.41) is 2.69. The third-order valence-corrected chi connectivity index (χ3v) is 2.91. The van der Waals surface area contributed by atoms with E-state index in [1.807, 2.05) is 0 Å². The Morgan fingerprint density at radius 2 is 2.24 bits per heavy atom. The van der Waals surface area contributed by atoms with Gasteiger partial charge in [-0.1, -0.05) is 6.07 Å². The molecule has 0 aliphatic rings. The molecule has 1 aromatic carbocycles. The maximum Gasteiger partial charge on any atom is 0.221 e. The number of halogens is 1. The fourth-order valence-corrected chi connectivity index (χ4v) is 1.87. The monoisotopic (exact) mass is 306 g/mol. The van der Waals surface area contributed by atoms with Gasteiger partial charge in [-0.2, -0.15) is 12.6 Å². The maximum absolute atomic E-state index is 13.9. The van der Waals surface area contributed by atoms with E-state index in [4.69, 9.17) is 4.74 Å². The van der Waals surface area contributed by atoms with Gasteiger partial charge in [-0.05, 0) is 35.6 Å². The predicted molar refractivity (Wildman–Crippen MR) is 81.0 cm³/mol. The number of nitrogens with one attached hydrogen (secondary N) is 1. The zero-order chi connectivity index (χ0) is 15.1. The first-order chi connectivity index (χ1) is 10.2. The normalized spacial score (nSPS) is 10.2. The number of aromatic nitrogens is 1. The van der Waals surface area contributed by atoms with Gasteiger partial charge in [-0.3, -0.25) is 9.78 Å². The average molecular weight is 306 g/mol. The SMILES string of the molecule is O=C(CCS)NCc1ccc(Oc2cccnc2)c(F)c1. The molecule has 0 aliphatic carbocycles. The van der Waals surface area contributed by atoms with Crippen LogP contribution in [0.15, 0.2) is 42.7 Å². The van der Waals surface area contributed by atoms with Crippen LogP contribution in [0.5, 0.6) is 11.5 Å². The summed E-state index contributed by atoms with van der Waals surface area (Å²) < 4.78 is 19.3. The molecule has 2 aromatic rings. The summed E-state index contributed by atoms with van der Waals surface area (Å²) >= 11 is 3.97. The highest BCUT2D eigenvalue weighted by molar-refractivity contribution is 7.80. The number of nitrogens with zero attached hydrogens (tertiary/aromatic N) is 1. The van der Waals surface area contributed by atoms with Gasteiger partial charge in [0.05, 0.1) is 6.20 Å². The van der Waals surface area contributed by atoms with Crippen molar-refractivity contribution in [2.24, 2.45) is 0 Å². The molecule has 0 unspecified atom stereocenters. The molecule has 0 atom stereocenters. The van der Waals surface area contributed by atoms with Gasteiger partial charge in [-0.25, -0.2) is 4.39 Å². The number of amides is 1. The molecule has 0 spiro atoms. The average Bonchev–Trinajstić information content (AvgIpc) is 2.49. The molecule has 0 saturated heterocycles. The van der Waals surface area contributed by atoms with E-state index in [0.29, 0.717) is 23.5 Å². The molecule has 6 heteroatoms. The molecule has 0 saturated carbocycles. The molecular weight excluding hydrogens is 291 g/mol. The predicted octanol–water partition coefficient (Wildman–Crippen LogP) is 2.95. The summed E-state index contributed by atoms with van der Waals surface area (Å²) in [5.41, 5.74) is 0.665. The van der Waals surface area contributed by atoms with Crippen LogP contribution in [0, 0.1) is 5.82 Å². The number of thiol groups is 1. The van der Waals surface area contributed by atoms with Crippen LogP contribution in [0.1, 0.15) is 12.0 Å². The Morgan fingerprint density at radius 1 is 1.38 bits per heavy atom. The van der Waals surface area contributed by atoms with Crippen LogP contribution in [0.4, 0.5) is 4.39 Å². The van der Waals surface area contributed by atoms with Crippen LogP contribution in [-0.2, 0) is 11.3 Å². The first-order valence-corrected chi connectivity index (χ1v) is 7.06. The summed E-state index contributed by atoms with van der Waals surface area (Å²) in [5.74, 6) is 0.471. The molecule has 0 bridgehead atoms. The number of carbonyl (C=O) groups is 1. The second kappa shape index (κ2) is 7.64. The van der Waals surface area contributed by atoms with E-state index in [1.54, 1.807) is 24.4 Å². The number of benzene rings is 1. The summed E-state index contributed by atoms with van der Waals surface area (Å²) in [6.07, 6.45) is 3.46. The minimum absolute atomic E-state index is 0.110. The molecule has 1 N–H and O–H groups in total. The summed E-state index contributed by atoms with van der Waals surface area (Å²) in [7, 11) is 0. The lowest BCUT2D eigenvalue weighted by atomic mass is 10.2. The third-order valence-electron chi connectivity index (χ3n) is 2.69. The van der Waals surface area contributed by atoms with Crippen molar-refractivity contribution in [2.45, 2.75) is 13.0 Å². The highest BCUT2D eigenvalue weighted by Gasteiger charge is 2.07. The fraction of sp³-hybridized carbons (Fsp3) is 0.200. The maximum atomic E-state index is 13.9. The van der Waals surface area contributed by atoms with Crippen molar-refractivity contribution in [1.82, 2.24) is 10.3 Å². The van der Waals surface area contributed by atoms with Crippen LogP contribution in [0.3, 0.4) is 0 Å². The Kier molecular flexibility index (Phi) is 5.57. The minimum Gasteiger partial charge on any atom is -0.453 e. The van der Waals surface area contributed by atoms with Gasteiger partial charge >= 0.3 is 0 Å². The number of ether oxygens (including phenoxy) is 1. The molecule has 1 heterocycles. The third kappa shape index (κ3) is 4.75. The van der Waals surface area contributed by atoms with Crippen LogP contribution >= 0.6 is 12.6 Å². The first-order valence-electron chi connectivity index (χ1n) is 6.43. The second-order valence-corrected chi connectivity index (χ2v) is 4.75. The lowest BCUT2D eigenvalue weighted by molar-refractivity contribution is -0.120. The summed E-state index contributed by atoms with van der Waals surface area (Å²) in [4.78, 5) is 15.2. The van der Waals surface area contributed by atoms with E-state index in [9.17, 15) is 9.18 Å². The number of hydrogen-bond donors (Lipinski definition) is 2. The quantitative estimate of drug-likeness (QED) is 0.807. The van der Waals surface area contributed by atoms with Crippen molar-refractivity contribution >= 4 is 18.5 Å². The Labute approximate surface area is 127 Å². The molecule has 0 aliphatic heterocycles. The van der Waals surface area contributed by atoms with E-state index in [1.165, 1.54) is 18.3 Å². The highest BCUT2D eigenvalue weighted by Crippen LogP contribution is 2.24. The van der Waals surface area contributed by atoms with E-state index in [2.05, 4.69) is 22.9 Å². The largest absolute Gasteiger partial charge is 0.453 e. The molecule has 110 valence electrons. The first kappa shape index (κ1) is 15.3. The lowest BCUT2D eigenvalue weighted by Crippen LogP contribution is -2.22. The van der Waals surface area contributed by atoms with Gasteiger partial charge in [0, 0.05) is 19.2 Å². The Bertz CT molecular complexity index is 608. The molecule has 2 rings (SSSR count). The van der Waals surface area contributed by atoms with Crippen LogP contribution in [-0.4, -0.2) is 16.6 Å². The Hall–Kier alpha value is -2.08. The molecular formula is C15H15FN2O2S. The molecule has 4 nitrogen and oxygen atoms in total. The van der Waals surface area contributed by atoms with E-state index in [-0.39, 0.29) is 18.2 Å². The van der Waals surface area contributed by atoms with Crippen molar-refractivity contribution in [1.29, 1.82) is 0 Å². The van der Waals surface area contributed by atoms with Crippen LogP contribution in [0.25, 0.3) is 0 Å². The minimum atomic E-state index is -0.486. The molecule has 0 fully saturated rings. The Balaban J connectivity index is 1.99. The number of pyridine rings is 1. The van der Waals surface area contributed by atoms with Crippen molar-refractivity contribution in [2.75, 3.05) is 5.75 Å². The van der Waals surface area contributed by atoms with Crippen molar-refractivity contribution in [3.05, 3.63) is 54.1 Å². The van der Waals surface area contributed by atoms with Crippen LogP contribution in [0.2, 0.25) is 0 Å². The highest BCUT2D eigenvalue weighted by atomic mass is 32.1. The number of carbonyl (C=O) groups excluding carboxylic acids is 1.